The largest absolute Gasteiger partial charge is 0.496 e. The smallest absolute Gasteiger partial charge is 0.127 e. The second-order valence-corrected chi connectivity index (χ2v) is 5.38. The van der Waals surface area contributed by atoms with Crippen molar-refractivity contribution in [1.82, 2.24) is 5.32 Å². The van der Waals surface area contributed by atoms with Gasteiger partial charge >= 0.3 is 0 Å². The molecule has 0 saturated heterocycles. The van der Waals surface area contributed by atoms with Crippen molar-refractivity contribution in [2.45, 2.75) is 19.4 Å². The molecule has 0 radical (unpaired) electrons. The molecular weight excluding hydrogens is 262 g/mol. The maximum atomic E-state index is 5.84. The fraction of sp³-hybridized carbons (Fsp3) is 0.333. The molecule has 21 heavy (non-hydrogen) atoms. The highest BCUT2D eigenvalue weighted by atomic mass is 16.5. The maximum Gasteiger partial charge on any atom is 0.127 e. The van der Waals surface area contributed by atoms with Crippen LogP contribution in [0.25, 0.3) is 0 Å². The van der Waals surface area contributed by atoms with Crippen molar-refractivity contribution in [2.75, 3.05) is 20.8 Å². The SMILES string of the molecule is CNC(c1ccc(OC)c(C)c1)c1cccc2c1OCC2. The van der Waals surface area contributed by atoms with Crippen LogP contribution in [0.3, 0.4) is 0 Å². The molecule has 1 atom stereocenters. The quantitative estimate of drug-likeness (QED) is 0.934. The van der Waals surface area contributed by atoms with E-state index in [0.717, 1.165) is 30.1 Å². The molecule has 3 heteroatoms. The summed E-state index contributed by atoms with van der Waals surface area (Å²) in [5, 5.41) is 3.41. The second-order valence-electron chi connectivity index (χ2n) is 5.38. The first-order chi connectivity index (χ1) is 10.2. The number of hydrogen-bond donors (Lipinski definition) is 1. The average Bonchev–Trinajstić information content (AvgIpc) is 2.97. The monoisotopic (exact) mass is 283 g/mol. The Morgan fingerprint density at radius 1 is 1.24 bits per heavy atom. The molecule has 0 spiro atoms. The van der Waals surface area contributed by atoms with E-state index in [-0.39, 0.29) is 6.04 Å². The van der Waals surface area contributed by atoms with Crippen molar-refractivity contribution in [2.24, 2.45) is 0 Å². The number of aryl methyl sites for hydroxylation is 1. The van der Waals surface area contributed by atoms with Gasteiger partial charge in [0.05, 0.1) is 19.8 Å². The van der Waals surface area contributed by atoms with Crippen LogP contribution in [-0.2, 0) is 6.42 Å². The molecule has 0 fully saturated rings. The van der Waals surface area contributed by atoms with E-state index in [4.69, 9.17) is 9.47 Å². The van der Waals surface area contributed by atoms with Gasteiger partial charge in [-0.05, 0) is 36.7 Å². The molecule has 0 bridgehead atoms. The lowest BCUT2D eigenvalue weighted by Gasteiger charge is -2.21. The highest BCUT2D eigenvalue weighted by molar-refractivity contribution is 5.50. The third kappa shape index (κ3) is 2.49. The Hall–Kier alpha value is -2.00. The first-order valence-corrected chi connectivity index (χ1v) is 7.31. The van der Waals surface area contributed by atoms with Gasteiger partial charge in [-0.3, -0.25) is 0 Å². The lowest BCUT2D eigenvalue weighted by atomic mass is 9.95. The topological polar surface area (TPSA) is 30.5 Å². The summed E-state index contributed by atoms with van der Waals surface area (Å²) in [6.45, 7) is 2.85. The van der Waals surface area contributed by atoms with Gasteiger partial charge in [0.15, 0.2) is 0 Å². The molecule has 0 amide bonds. The molecule has 1 unspecified atom stereocenters. The molecule has 0 aliphatic carbocycles. The van der Waals surface area contributed by atoms with Gasteiger partial charge in [-0.2, -0.15) is 0 Å². The molecule has 1 heterocycles. The van der Waals surface area contributed by atoms with Gasteiger partial charge in [0, 0.05) is 12.0 Å². The van der Waals surface area contributed by atoms with Crippen LogP contribution in [0.5, 0.6) is 11.5 Å². The number of rotatable bonds is 4. The summed E-state index contributed by atoms with van der Waals surface area (Å²) in [7, 11) is 3.69. The molecular formula is C18H21NO2. The van der Waals surface area contributed by atoms with Crippen LogP contribution in [0.15, 0.2) is 36.4 Å². The van der Waals surface area contributed by atoms with Crippen LogP contribution in [-0.4, -0.2) is 20.8 Å². The lowest BCUT2D eigenvalue weighted by Crippen LogP contribution is -2.18. The third-order valence-electron chi connectivity index (χ3n) is 4.10. The third-order valence-corrected chi connectivity index (χ3v) is 4.10. The standard InChI is InChI=1S/C18H21NO2/c1-12-11-14(7-8-16(12)20-3)17(19-2)15-6-4-5-13-9-10-21-18(13)15/h4-8,11,17,19H,9-10H2,1-3H3. The fourth-order valence-electron chi connectivity index (χ4n) is 3.05. The van der Waals surface area contributed by atoms with Crippen LogP contribution in [0.2, 0.25) is 0 Å². The molecule has 110 valence electrons. The van der Waals surface area contributed by atoms with Crippen LogP contribution in [0.1, 0.15) is 28.3 Å². The number of benzene rings is 2. The van der Waals surface area contributed by atoms with E-state index in [1.165, 1.54) is 16.7 Å². The van der Waals surface area contributed by atoms with E-state index in [0.29, 0.717) is 0 Å². The van der Waals surface area contributed by atoms with Gasteiger partial charge in [0.2, 0.25) is 0 Å². The minimum Gasteiger partial charge on any atom is -0.496 e. The van der Waals surface area contributed by atoms with Crippen LogP contribution < -0.4 is 14.8 Å². The molecule has 2 aromatic carbocycles. The molecule has 0 saturated carbocycles. The zero-order valence-corrected chi connectivity index (χ0v) is 12.8. The molecule has 1 N–H and O–H groups in total. The van der Waals surface area contributed by atoms with E-state index in [1.807, 2.05) is 13.1 Å². The molecule has 1 aliphatic rings. The van der Waals surface area contributed by atoms with Crippen LogP contribution >= 0.6 is 0 Å². The first-order valence-electron chi connectivity index (χ1n) is 7.31. The van der Waals surface area contributed by atoms with Gasteiger partial charge in [-0.15, -0.1) is 0 Å². The average molecular weight is 283 g/mol. The maximum absolute atomic E-state index is 5.84. The molecule has 0 aromatic heterocycles. The molecule has 1 aliphatic heterocycles. The van der Waals surface area contributed by atoms with Crippen molar-refractivity contribution >= 4 is 0 Å². The van der Waals surface area contributed by atoms with E-state index in [1.54, 1.807) is 7.11 Å². The molecule has 3 nitrogen and oxygen atoms in total. The number of fused-ring (bicyclic) bond motifs is 1. The van der Waals surface area contributed by atoms with E-state index in [2.05, 4.69) is 42.6 Å². The van der Waals surface area contributed by atoms with E-state index >= 15 is 0 Å². The predicted molar refractivity (Wildman–Crippen MR) is 84.3 cm³/mol. The Morgan fingerprint density at radius 2 is 2.10 bits per heavy atom. The Kier molecular flexibility index (Phi) is 3.84. The zero-order valence-electron chi connectivity index (χ0n) is 12.8. The van der Waals surface area contributed by atoms with Crippen molar-refractivity contribution in [3.05, 3.63) is 58.7 Å². The number of nitrogens with one attached hydrogen (secondary N) is 1. The first kappa shape index (κ1) is 14.0. The Bertz CT molecular complexity index is 652. The summed E-state index contributed by atoms with van der Waals surface area (Å²) in [6.07, 6.45) is 1.00. The van der Waals surface area contributed by atoms with E-state index in [9.17, 15) is 0 Å². The number of hydrogen-bond acceptors (Lipinski definition) is 3. The van der Waals surface area contributed by atoms with Gasteiger partial charge in [-0.25, -0.2) is 0 Å². The van der Waals surface area contributed by atoms with Crippen molar-refractivity contribution in [1.29, 1.82) is 0 Å². The minimum absolute atomic E-state index is 0.127. The predicted octanol–water partition coefficient (Wildman–Crippen LogP) is 3.25. The fourth-order valence-corrected chi connectivity index (χ4v) is 3.05. The highest BCUT2D eigenvalue weighted by Crippen LogP contribution is 2.36. The van der Waals surface area contributed by atoms with Gasteiger partial charge < -0.3 is 14.8 Å². The number of methoxy groups -OCH3 is 1. The van der Waals surface area contributed by atoms with E-state index < -0.39 is 0 Å². The van der Waals surface area contributed by atoms with Crippen molar-refractivity contribution < 1.29 is 9.47 Å². The van der Waals surface area contributed by atoms with Crippen LogP contribution in [0, 0.1) is 6.92 Å². The summed E-state index contributed by atoms with van der Waals surface area (Å²) in [6, 6.07) is 12.9. The summed E-state index contributed by atoms with van der Waals surface area (Å²) in [5.74, 6) is 1.97. The van der Waals surface area contributed by atoms with Gasteiger partial charge in [0.1, 0.15) is 11.5 Å². The molecule has 2 aromatic rings. The lowest BCUT2D eigenvalue weighted by molar-refractivity contribution is 0.351. The number of para-hydroxylation sites is 1. The summed E-state index contributed by atoms with van der Waals surface area (Å²) in [5.41, 5.74) is 4.87. The second kappa shape index (κ2) is 5.78. The summed E-state index contributed by atoms with van der Waals surface area (Å²) in [4.78, 5) is 0. The van der Waals surface area contributed by atoms with Crippen LogP contribution in [0.4, 0.5) is 0 Å². The summed E-state index contributed by atoms with van der Waals surface area (Å²) < 4.78 is 11.2. The molecule has 3 rings (SSSR count). The Morgan fingerprint density at radius 3 is 2.81 bits per heavy atom. The summed E-state index contributed by atoms with van der Waals surface area (Å²) >= 11 is 0. The Labute approximate surface area is 125 Å². The van der Waals surface area contributed by atoms with Crippen molar-refractivity contribution in [3.8, 4) is 11.5 Å². The normalized spacial score (nSPS) is 14.4. The number of ether oxygens (including phenoxy) is 2. The van der Waals surface area contributed by atoms with Gasteiger partial charge in [0.25, 0.3) is 0 Å². The zero-order chi connectivity index (χ0) is 14.8. The van der Waals surface area contributed by atoms with Crippen molar-refractivity contribution in [3.63, 3.8) is 0 Å². The van der Waals surface area contributed by atoms with Gasteiger partial charge in [-0.1, -0.05) is 30.3 Å². The minimum atomic E-state index is 0.127. The highest BCUT2D eigenvalue weighted by Gasteiger charge is 2.22. The Balaban J connectivity index is 2.03.